The average molecular weight is 417 g/mol. The van der Waals surface area contributed by atoms with Crippen LogP contribution in [0.5, 0.6) is 0 Å². The summed E-state index contributed by atoms with van der Waals surface area (Å²) in [6.45, 7) is 1.98. The molecular formula is C18H17BrN4OS. The standard InChI is InChI=1S/C18H17BrN4OS/c1-12(14-7-4-5-9-16(14)19)22-17(24)15-8-3-2-6-13(15)10-25-18-20-11-21-23-18/h2-9,11-12H,10H2,1H3,(H,22,24)(H,20,21,23). The van der Waals surface area contributed by atoms with Gasteiger partial charge in [0, 0.05) is 15.8 Å². The molecule has 1 unspecified atom stereocenters. The van der Waals surface area contributed by atoms with E-state index in [4.69, 9.17) is 0 Å². The van der Waals surface area contributed by atoms with E-state index in [-0.39, 0.29) is 11.9 Å². The minimum atomic E-state index is -0.0990. The number of aromatic nitrogens is 3. The van der Waals surface area contributed by atoms with Crippen molar-refractivity contribution in [1.29, 1.82) is 0 Å². The van der Waals surface area contributed by atoms with Crippen LogP contribution in [0.2, 0.25) is 0 Å². The van der Waals surface area contributed by atoms with Crippen molar-refractivity contribution in [3.05, 3.63) is 76.0 Å². The average Bonchev–Trinajstić information content (AvgIpc) is 3.14. The van der Waals surface area contributed by atoms with Gasteiger partial charge in [0.05, 0.1) is 6.04 Å². The summed E-state index contributed by atoms with van der Waals surface area (Å²) in [7, 11) is 0. The first-order chi connectivity index (χ1) is 12.1. The molecule has 0 radical (unpaired) electrons. The number of carbonyl (C=O) groups is 1. The Morgan fingerprint density at radius 2 is 2.00 bits per heavy atom. The Labute approximate surface area is 158 Å². The smallest absolute Gasteiger partial charge is 0.252 e. The molecule has 0 bridgehead atoms. The molecule has 5 nitrogen and oxygen atoms in total. The zero-order chi connectivity index (χ0) is 17.6. The molecule has 0 aliphatic carbocycles. The van der Waals surface area contributed by atoms with Crippen molar-refractivity contribution >= 4 is 33.6 Å². The minimum absolute atomic E-state index is 0.0861. The van der Waals surface area contributed by atoms with Gasteiger partial charge in [0.1, 0.15) is 6.33 Å². The van der Waals surface area contributed by atoms with Crippen molar-refractivity contribution in [3.8, 4) is 0 Å². The Hall–Kier alpha value is -2.12. The van der Waals surface area contributed by atoms with Crippen LogP contribution in [0.3, 0.4) is 0 Å². The third-order valence-corrected chi connectivity index (χ3v) is 5.39. The van der Waals surface area contributed by atoms with E-state index in [1.54, 1.807) is 0 Å². The first-order valence-corrected chi connectivity index (χ1v) is 9.54. The number of thioether (sulfide) groups is 1. The van der Waals surface area contributed by atoms with Gasteiger partial charge in [0.25, 0.3) is 5.91 Å². The van der Waals surface area contributed by atoms with Crippen LogP contribution in [-0.4, -0.2) is 21.1 Å². The molecule has 2 N–H and O–H groups in total. The van der Waals surface area contributed by atoms with E-state index in [0.29, 0.717) is 11.3 Å². The van der Waals surface area contributed by atoms with Crippen LogP contribution in [0.1, 0.15) is 34.5 Å². The molecule has 1 atom stereocenters. The Kier molecular flexibility index (Phi) is 5.88. The lowest BCUT2D eigenvalue weighted by molar-refractivity contribution is 0.0939. The number of benzene rings is 2. The van der Waals surface area contributed by atoms with E-state index < -0.39 is 0 Å². The summed E-state index contributed by atoms with van der Waals surface area (Å²) in [6, 6.07) is 15.4. The first kappa shape index (κ1) is 17.7. The maximum atomic E-state index is 12.8. The van der Waals surface area contributed by atoms with Crippen LogP contribution in [0.25, 0.3) is 0 Å². The second-order valence-electron chi connectivity index (χ2n) is 5.45. The lowest BCUT2D eigenvalue weighted by atomic mass is 10.1. The highest BCUT2D eigenvalue weighted by atomic mass is 79.9. The van der Waals surface area contributed by atoms with Crippen LogP contribution in [0.15, 0.2) is 64.5 Å². The predicted octanol–water partition coefficient (Wildman–Crippen LogP) is 4.35. The van der Waals surface area contributed by atoms with Crippen molar-refractivity contribution in [2.45, 2.75) is 23.9 Å². The number of carbonyl (C=O) groups excluding carboxylic acids is 1. The van der Waals surface area contributed by atoms with Crippen molar-refractivity contribution in [2.75, 3.05) is 0 Å². The van der Waals surface area contributed by atoms with E-state index in [9.17, 15) is 4.79 Å². The van der Waals surface area contributed by atoms with E-state index in [2.05, 4.69) is 36.4 Å². The Balaban J connectivity index is 1.72. The van der Waals surface area contributed by atoms with Gasteiger partial charge in [-0.3, -0.25) is 9.89 Å². The number of rotatable bonds is 6. The highest BCUT2D eigenvalue weighted by Gasteiger charge is 2.16. The second-order valence-corrected chi connectivity index (χ2v) is 7.27. The van der Waals surface area contributed by atoms with Crippen LogP contribution >= 0.6 is 27.7 Å². The van der Waals surface area contributed by atoms with Crippen molar-refractivity contribution in [2.24, 2.45) is 0 Å². The number of nitrogens with zero attached hydrogens (tertiary/aromatic N) is 2. The molecule has 0 spiro atoms. The fourth-order valence-electron chi connectivity index (χ4n) is 2.46. The fourth-order valence-corrected chi connectivity index (χ4v) is 3.87. The number of hydrogen-bond donors (Lipinski definition) is 2. The number of halogens is 1. The van der Waals surface area contributed by atoms with Gasteiger partial charge >= 0.3 is 0 Å². The highest BCUT2D eigenvalue weighted by molar-refractivity contribution is 9.10. The Morgan fingerprint density at radius 3 is 2.76 bits per heavy atom. The van der Waals surface area contributed by atoms with Crippen LogP contribution in [-0.2, 0) is 5.75 Å². The number of aromatic amines is 1. The maximum absolute atomic E-state index is 12.8. The number of H-pyrrole nitrogens is 1. The third-order valence-electron chi connectivity index (χ3n) is 3.74. The Morgan fingerprint density at radius 1 is 1.24 bits per heavy atom. The first-order valence-electron chi connectivity index (χ1n) is 7.76. The summed E-state index contributed by atoms with van der Waals surface area (Å²) in [4.78, 5) is 16.8. The molecule has 0 saturated heterocycles. The molecule has 1 amide bonds. The predicted molar refractivity (Wildman–Crippen MR) is 102 cm³/mol. The van der Waals surface area contributed by atoms with Gasteiger partial charge in [-0.25, -0.2) is 4.98 Å². The molecule has 3 rings (SSSR count). The third kappa shape index (κ3) is 4.49. The molecule has 7 heteroatoms. The van der Waals surface area contributed by atoms with Crippen LogP contribution in [0.4, 0.5) is 0 Å². The molecule has 0 saturated carbocycles. The van der Waals surface area contributed by atoms with Gasteiger partial charge < -0.3 is 5.32 Å². The van der Waals surface area contributed by atoms with Gasteiger partial charge in [0.2, 0.25) is 0 Å². The van der Waals surface area contributed by atoms with Crippen molar-refractivity contribution in [1.82, 2.24) is 20.5 Å². The van der Waals surface area contributed by atoms with E-state index >= 15 is 0 Å². The molecule has 2 aromatic carbocycles. The van der Waals surface area contributed by atoms with Gasteiger partial charge in [-0.2, -0.15) is 5.10 Å². The number of nitrogens with one attached hydrogen (secondary N) is 2. The van der Waals surface area contributed by atoms with Gasteiger partial charge in [-0.15, -0.1) is 0 Å². The summed E-state index contributed by atoms with van der Waals surface area (Å²) < 4.78 is 0.983. The fraction of sp³-hybridized carbons (Fsp3) is 0.167. The summed E-state index contributed by atoms with van der Waals surface area (Å²) in [5.74, 6) is 0.555. The molecule has 0 aliphatic heterocycles. The number of hydrogen-bond acceptors (Lipinski definition) is 4. The largest absolute Gasteiger partial charge is 0.345 e. The number of amides is 1. The highest BCUT2D eigenvalue weighted by Crippen LogP contribution is 2.24. The lowest BCUT2D eigenvalue weighted by Crippen LogP contribution is -2.27. The topological polar surface area (TPSA) is 70.7 Å². The molecule has 1 aromatic heterocycles. The van der Waals surface area contributed by atoms with E-state index in [1.807, 2.05) is 55.5 Å². The molecular weight excluding hydrogens is 400 g/mol. The molecule has 0 fully saturated rings. The molecule has 3 aromatic rings. The van der Waals surface area contributed by atoms with Gasteiger partial charge in [0.15, 0.2) is 5.16 Å². The minimum Gasteiger partial charge on any atom is -0.345 e. The van der Waals surface area contributed by atoms with E-state index in [0.717, 1.165) is 20.8 Å². The second kappa shape index (κ2) is 8.31. The molecule has 1 heterocycles. The Bertz CT molecular complexity index is 854. The SMILES string of the molecule is CC(NC(=O)c1ccccc1CSc1ncn[nH]1)c1ccccc1Br. The summed E-state index contributed by atoms with van der Waals surface area (Å²) in [6.07, 6.45) is 1.47. The van der Waals surface area contributed by atoms with Crippen molar-refractivity contribution in [3.63, 3.8) is 0 Å². The van der Waals surface area contributed by atoms with Gasteiger partial charge in [-0.1, -0.05) is 64.1 Å². The van der Waals surface area contributed by atoms with Crippen molar-refractivity contribution < 1.29 is 4.79 Å². The van der Waals surface area contributed by atoms with Crippen LogP contribution in [0, 0.1) is 0 Å². The quantitative estimate of drug-likeness (QED) is 0.585. The monoisotopic (exact) mass is 416 g/mol. The normalized spacial score (nSPS) is 11.9. The molecule has 0 aliphatic rings. The van der Waals surface area contributed by atoms with Gasteiger partial charge in [-0.05, 0) is 30.2 Å². The molecule has 128 valence electrons. The van der Waals surface area contributed by atoms with Crippen LogP contribution < -0.4 is 5.32 Å². The summed E-state index contributed by atoms with van der Waals surface area (Å²) in [5, 5.41) is 10.5. The van der Waals surface area contributed by atoms with E-state index in [1.165, 1.54) is 18.1 Å². The zero-order valence-corrected chi connectivity index (χ0v) is 16.0. The maximum Gasteiger partial charge on any atom is 0.252 e. The lowest BCUT2D eigenvalue weighted by Gasteiger charge is -2.17. The molecule has 25 heavy (non-hydrogen) atoms. The zero-order valence-electron chi connectivity index (χ0n) is 13.6. The summed E-state index contributed by atoms with van der Waals surface area (Å²) >= 11 is 5.05. The summed E-state index contributed by atoms with van der Waals surface area (Å²) in [5.41, 5.74) is 2.68.